The Labute approximate surface area is 71.9 Å². The summed E-state index contributed by atoms with van der Waals surface area (Å²) in [6.45, 7) is 1.77. The van der Waals surface area contributed by atoms with Crippen LogP contribution < -0.4 is 0 Å². The summed E-state index contributed by atoms with van der Waals surface area (Å²) < 4.78 is 37.3. The van der Waals surface area contributed by atoms with Gasteiger partial charge in [-0.15, -0.1) is 0 Å². The molecule has 1 heterocycles. The maximum atomic E-state index is 12.1. The van der Waals surface area contributed by atoms with Crippen LogP contribution in [-0.4, -0.2) is 14.9 Å². The molecule has 0 aliphatic rings. The molecule has 0 saturated heterocycles. The molecule has 0 bridgehead atoms. The number of halogens is 3. The third kappa shape index (κ3) is 1.94. The Hall–Kier alpha value is -0.650. The fourth-order valence-electron chi connectivity index (χ4n) is 0.719. The quantitative estimate of drug-likeness (QED) is 0.722. The molecule has 0 aliphatic carbocycles. The van der Waals surface area contributed by atoms with Gasteiger partial charge >= 0.3 is 6.18 Å². The first-order chi connectivity index (χ1) is 5.55. The molecule has 0 aromatic carbocycles. The Morgan fingerprint density at radius 1 is 1.58 bits per heavy atom. The first-order valence-electron chi connectivity index (χ1n) is 3.30. The Bertz CT molecular complexity index is 256. The number of hydrogen-bond acceptors (Lipinski definition) is 2. The van der Waals surface area contributed by atoms with Crippen molar-refractivity contribution < 1.29 is 13.2 Å². The van der Waals surface area contributed by atoms with E-state index < -0.39 is 11.9 Å². The van der Waals surface area contributed by atoms with E-state index in [1.807, 2.05) is 0 Å². The third-order valence-corrected chi connectivity index (χ3v) is 1.95. The van der Waals surface area contributed by atoms with Crippen LogP contribution in [0.25, 0.3) is 0 Å². The standard InChI is InChI=1S/C6H7F3N2S/c1-2-12-11-5(3-4-10-11)6(7,8)9/h3-4H,2H2,1H3. The van der Waals surface area contributed by atoms with Crippen molar-refractivity contribution in [2.75, 3.05) is 5.75 Å². The van der Waals surface area contributed by atoms with Crippen LogP contribution in [0.3, 0.4) is 0 Å². The molecule has 0 N–H and O–H groups in total. The first kappa shape index (κ1) is 9.44. The maximum Gasteiger partial charge on any atom is 0.434 e. The highest BCUT2D eigenvalue weighted by atomic mass is 32.2. The minimum Gasteiger partial charge on any atom is -0.202 e. The van der Waals surface area contributed by atoms with Gasteiger partial charge in [-0.3, -0.25) is 0 Å². The summed E-state index contributed by atoms with van der Waals surface area (Å²) >= 11 is 1.02. The summed E-state index contributed by atoms with van der Waals surface area (Å²) in [5.41, 5.74) is -0.714. The Morgan fingerprint density at radius 2 is 2.25 bits per heavy atom. The van der Waals surface area contributed by atoms with Crippen LogP contribution in [0.5, 0.6) is 0 Å². The van der Waals surface area contributed by atoms with Gasteiger partial charge in [0.15, 0.2) is 5.69 Å². The summed E-state index contributed by atoms with van der Waals surface area (Å²) in [6, 6.07) is 0.961. The van der Waals surface area contributed by atoms with E-state index >= 15 is 0 Å². The maximum absolute atomic E-state index is 12.1. The van der Waals surface area contributed by atoms with Gasteiger partial charge in [-0.25, -0.2) is 4.09 Å². The van der Waals surface area contributed by atoms with Crippen LogP contribution in [-0.2, 0) is 6.18 Å². The van der Waals surface area contributed by atoms with Crippen LogP contribution >= 0.6 is 11.9 Å². The molecule has 68 valence electrons. The zero-order chi connectivity index (χ0) is 9.19. The molecule has 0 fully saturated rings. The summed E-state index contributed by atoms with van der Waals surface area (Å²) in [5.74, 6) is 0.560. The largest absolute Gasteiger partial charge is 0.434 e. The molecule has 2 nitrogen and oxygen atoms in total. The molecular weight excluding hydrogens is 189 g/mol. The fraction of sp³-hybridized carbons (Fsp3) is 0.500. The van der Waals surface area contributed by atoms with E-state index in [0.29, 0.717) is 5.75 Å². The van der Waals surface area contributed by atoms with E-state index in [1.54, 1.807) is 6.92 Å². The number of nitrogens with zero attached hydrogens (tertiary/aromatic N) is 2. The van der Waals surface area contributed by atoms with Crippen LogP contribution in [0, 0.1) is 0 Å². The molecule has 0 spiro atoms. The van der Waals surface area contributed by atoms with Gasteiger partial charge in [-0.1, -0.05) is 6.92 Å². The van der Waals surface area contributed by atoms with Gasteiger partial charge in [0.25, 0.3) is 0 Å². The second kappa shape index (κ2) is 3.38. The van der Waals surface area contributed by atoms with Gasteiger partial charge in [0.05, 0.1) is 6.20 Å². The minimum absolute atomic E-state index is 0.560. The van der Waals surface area contributed by atoms with Crippen LogP contribution in [0.1, 0.15) is 12.6 Å². The van der Waals surface area contributed by atoms with E-state index in [-0.39, 0.29) is 0 Å². The van der Waals surface area contributed by atoms with E-state index in [2.05, 4.69) is 5.10 Å². The number of alkyl halides is 3. The highest BCUT2D eigenvalue weighted by Gasteiger charge is 2.34. The molecule has 0 saturated carbocycles. The molecule has 0 radical (unpaired) electrons. The van der Waals surface area contributed by atoms with Crippen molar-refractivity contribution in [2.24, 2.45) is 0 Å². The second-order valence-electron chi connectivity index (χ2n) is 2.00. The third-order valence-electron chi connectivity index (χ3n) is 1.15. The van der Waals surface area contributed by atoms with Crippen molar-refractivity contribution >= 4 is 11.9 Å². The van der Waals surface area contributed by atoms with Gasteiger partial charge in [0.1, 0.15) is 0 Å². The molecule has 0 aliphatic heterocycles. The summed E-state index contributed by atoms with van der Waals surface area (Å²) in [7, 11) is 0. The van der Waals surface area contributed by atoms with E-state index in [1.165, 1.54) is 0 Å². The fourth-order valence-corrected chi connectivity index (χ4v) is 1.39. The zero-order valence-corrected chi connectivity index (χ0v) is 7.11. The normalized spacial score (nSPS) is 12.0. The monoisotopic (exact) mass is 196 g/mol. The van der Waals surface area contributed by atoms with Gasteiger partial charge in [-0.2, -0.15) is 18.3 Å². The lowest BCUT2D eigenvalue weighted by atomic mass is 10.4. The average molecular weight is 196 g/mol. The van der Waals surface area contributed by atoms with Crippen molar-refractivity contribution in [3.05, 3.63) is 18.0 Å². The predicted molar refractivity (Wildman–Crippen MR) is 40.8 cm³/mol. The minimum atomic E-state index is -4.31. The van der Waals surface area contributed by atoms with Gasteiger partial charge in [0.2, 0.25) is 0 Å². The summed E-state index contributed by atoms with van der Waals surface area (Å²) in [6.07, 6.45) is -3.16. The molecule has 1 rings (SSSR count). The van der Waals surface area contributed by atoms with Crippen molar-refractivity contribution in [2.45, 2.75) is 13.1 Å². The highest BCUT2D eigenvalue weighted by Crippen LogP contribution is 2.30. The Balaban J connectivity index is 2.91. The topological polar surface area (TPSA) is 17.8 Å². The van der Waals surface area contributed by atoms with Gasteiger partial charge in [0, 0.05) is 5.75 Å². The van der Waals surface area contributed by atoms with E-state index in [4.69, 9.17) is 0 Å². The molecule has 1 aromatic heterocycles. The first-order valence-corrected chi connectivity index (χ1v) is 4.24. The molecule has 1 aromatic rings. The van der Waals surface area contributed by atoms with Crippen LogP contribution in [0.15, 0.2) is 12.3 Å². The van der Waals surface area contributed by atoms with Crippen LogP contribution in [0.4, 0.5) is 13.2 Å². The molecule has 0 amide bonds. The van der Waals surface area contributed by atoms with Crippen LogP contribution in [0.2, 0.25) is 0 Å². The number of rotatable bonds is 2. The van der Waals surface area contributed by atoms with Gasteiger partial charge in [-0.05, 0) is 18.0 Å². The van der Waals surface area contributed by atoms with Crippen molar-refractivity contribution in [1.29, 1.82) is 0 Å². The van der Waals surface area contributed by atoms with Crippen molar-refractivity contribution in [3.63, 3.8) is 0 Å². The Kier molecular flexibility index (Phi) is 2.66. The van der Waals surface area contributed by atoms with Gasteiger partial charge < -0.3 is 0 Å². The second-order valence-corrected chi connectivity index (χ2v) is 3.19. The number of hydrogen-bond donors (Lipinski definition) is 0. The molecule has 0 atom stereocenters. The number of aromatic nitrogens is 2. The molecular formula is C6H7F3N2S. The highest BCUT2D eigenvalue weighted by molar-refractivity contribution is 7.97. The zero-order valence-electron chi connectivity index (χ0n) is 6.30. The lowest BCUT2D eigenvalue weighted by molar-refractivity contribution is -0.141. The van der Waals surface area contributed by atoms with E-state index in [9.17, 15) is 13.2 Å². The predicted octanol–water partition coefficient (Wildman–Crippen LogP) is 2.42. The molecule has 0 unspecified atom stereocenters. The molecule has 6 heteroatoms. The van der Waals surface area contributed by atoms with Crippen molar-refractivity contribution in [1.82, 2.24) is 9.19 Å². The summed E-state index contributed by atoms with van der Waals surface area (Å²) in [5, 5.41) is 3.53. The lowest BCUT2D eigenvalue weighted by Gasteiger charge is -2.07. The molecule has 12 heavy (non-hydrogen) atoms. The smallest absolute Gasteiger partial charge is 0.202 e. The van der Waals surface area contributed by atoms with Crippen molar-refractivity contribution in [3.8, 4) is 0 Å². The summed E-state index contributed by atoms with van der Waals surface area (Å²) in [4.78, 5) is 0. The van der Waals surface area contributed by atoms with E-state index in [0.717, 1.165) is 28.3 Å². The lowest BCUT2D eigenvalue weighted by Crippen LogP contribution is -2.10. The Morgan fingerprint density at radius 3 is 2.75 bits per heavy atom. The average Bonchev–Trinajstić information content (AvgIpc) is 2.34. The SMILES string of the molecule is CCSn1nccc1C(F)(F)F.